The fourth-order valence-electron chi connectivity index (χ4n) is 0.715. The molecule has 0 aliphatic carbocycles. The Kier molecular flexibility index (Phi) is 3.68. The highest BCUT2D eigenvalue weighted by Crippen LogP contribution is 2.11. The molecule has 0 saturated heterocycles. The Morgan fingerprint density at radius 3 is 2.45 bits per heavy atom. The molecular formula is C7H12ClN3. The largest absolute Gasteiger partial charge is 0.384 e. The summed E-state index contributed by atoms with van der Waals surface area (Å²) in [5, 5.41) is 0. The van der Waals surface area contributed by atoms with Gasteiger partial charge in [-0.15, -0.1) is 12.4 Å². The summed E-state index contributed by atoms with van der Waals surface area (Å²) < 4.78 is 0. The molecule has 11 heavy (non-hydrogen) atoms. The highest BCUT2D eigenvalue weighted by atomic mass is 35.5. The van der Waals surface area contributed by atoms with E-state index in [0.717, 1.165) is 5.69 Å². The Hall–Kier alpha value is -0.960. The van der Waals surface area contributed by atoms with Crippen molar-refractivity contribution >= 4 is 23.9 Å². The minimum atomic E-state index is 0. The fraction of sp³-hybridized carbons (Fsp3) is 0.286. The zero-order valence-corrected chi connectivity index (χ0v) is 7.43. The van der Waals surface area contributed by atoms with Gasteiger partial charge in [0.15, 0.2) is 0 Å². The molecule has 1 aromatic heterocycles. The summed E-state index contributed by atoms with van der Waals surface area (Å²) in [5.41, 5.74) is 6.54. The van der Waals surface area contributed by atoms with Gasteiger partial charge in [-0.2, -0.15) is 0 Å². The average molecular weight is 174 g/mol. The first kappa shape index (κ1) is 10.0. The van der Waals surface area contributed by atoms with E-state index in [1.54, 1.807) is 6.20 Å². The monoisotopic (exact) mass is 173 g/mol. The van der Waals surface area contributed by atoms with Crippen molar-refractivity contribution in [3.63, 3.8) is 0 Å². The maximum Gasteiger partial charge on any atom is 0.125 e. The van der Waals surface area contributed by atoms with Gasteiger partial charge in [0.2, 0.25) is 0 Å². The highest BCUT2D eigenvalue weighted by Gasteiger charge is 1.93. The summed E-state index contributed by atoms with van der Waals surface area (Å²) >= 11 is 0. The van der Waals surface area contributed by atoms with Gasteiger partial charge >= 0.3 is 0 Å². The topological polar surface area (TPSA) is 42.2 Å². The van der Waals surface area contributed by atoms with Crippen LogP contribution in [0, 0.1) is 0 Å². The Balaban J connectivity index is 0.000001000. The van der Waals surface area contributed by atoms with E-state index in [2.05, 4.69) is 4.98 Å². The van der Waals surface area contributed by atoms with Crippen LogP contribution in [0.1, 0.15) is 0 Å². The van der Waals surface area contributed by atoms with Crippen LogP contribution in [0.3, 0.4) is 0 Å². The molecule has 0 fully saturated rings. The van der Waals surface area contributed by atoms with Crippen LogP contribution >= 0.6 is 12.4 Å². The number of hydrogen-bond donors (Lipinski definition) is 1. The van der Waals surface area contributed by atoms with Gasteiger partial charge in [-0.25, -0.2) is 4.98 Å². The molecule has 0 unspecified atom stereocenters. The number of nitrogens with zero attached hydrogens (tertiary/aromatic N) is 2. The fourth-order valence-corrected chi connectivity index (χ4v) is 0.715. The summed E-state index contributed by atoms with van der Waals surface area (Å²) in [6.45, 7) is 0. The van der Waals surface area contributed by atoms with Crippen molar-refractivity contribution in [1.29, 1.82) is 0 Å². The number of rotatable bonds is 1. The number of hydrogen-bond acceptors (Lipinski definition) is 3. The predicted molar refractivity (Wildman–Crippen MR) is 50.2 cm³/mol. The summed E-state index contributed by atoms with van der Waals surface area (Å²) in [6.07, 6.45) is 1.70. The third-order valence-electron chi connectivity index (χ3n) is 1.28. The zero-order chi connectivity index (χ0) is 7.56. The number of pyridine rings is 1. The van der Waals surface area contributed by atoms with Crippen LogP contribution in [0.25, 0.3) is 0 Å². The van der Waals surface area contributed by atoms with Crippen molar-refractivity contribution in [3.8, 4) is 0 Å². The first-order chi connectivity index (χ1) is 4.70. The van der Waals surface area contributed by atoms with Crippen LogP contribution in [-0.2, 0) is 0 Å². The normalized spacial score (nSPS) is 8.55. The van der Waals surface area contributed by atoms with Crippen LogP contribution < -0.4 is 10.6 Å². The smallest absolute Gasteiger partial charge is 0.125 e. The number of anilines is 2. The molecule has 1 rings (SSSR count). The van der Waals surface area contributed by atoms with Gasteiger partial charge in [0.05, 0.1) is 0 Å². The second-order valence-electron chi connectivity index (χ2n) is 2.33. The van der Waals surface area contributed by atoms with Crippen molar-refractivity contribution in [3.05, 3.63) is 18.3 Å². The Bertz CT molecular complexity index is 225. The van der Waals surface area contributed by atoms with Crippen LogP contribution in [0.4, 0.5) is 11.5 Å². The van der Waals surface area contributed by atoms with Crippen molar-refractivity contribution in [2.45, 2.75) is 0 Å². The minimum Gasteiger partial charge on any atom is -0.384 e. The molecule has 1 heterocycles. The van der Waals surface area contributed by atoms with E-state index in [9.17, 15) is 0 Å². The van der Waals surface area contributed by atoms with E-state index in [0.29, 0.717) is 5.82 Å². The summed E-state index contributed by atoms with van der Waals surface area (Å²) in [4.78, 5) is 5.86. The Morgan fingerprint density at radius 2 is 2.09 bits per heavy atom. The predicted octanol–water partition coefficient (Wildman–Crippen LogP) is 1.15. The number of aromatic nitrogens is 1. The van der Waals surface area contributed by atoms with Gasteiger partial charge in [-0.1, -0.05) is 0 Å². The maximum absolute atomic E-state index is 5.46. The lowest BCUT2D eigenvalue weighted by Gasteiger charge is -2.11. The van der Waals surface area contributed by atoms with Crippen LogP contribution in [0.2, 0.25) is 0 Å². The van der Waals surface area contributed by atoms with Crippen LogP contribution in [-0.4, -0.2) is 19.1 Å². The highest BCUT2D eigenvalue weighted by molar-refractivity contribution is 5.85. The quantitative estimate of drug-likeness (QED) is 0.693. The van der Waals surface area contributed by atoms with E-state index in [4.69, 9.17) is 5.73 Å². The Morgan fingerprint density at radius 1 is 1.45 bits per heavy atom. The van der Waals surface area contributed by atoms with Crippen molar-refractivity contribution in [2.75, 3.05) is 24.7 Å². The lowest BCUT2D eigenvalue weighted by atomic mass is 10.4. The van der Waals surface area contributed by atoms with E-state index in [1.165, 1.54) is 0 Å². The average Bonchev–Trinajstić information content (AvgIpc) is 1.88. The molecule has 4 heteroatoms. The van der Waals surface area contributed by atoms with Crippen molar-refractivity contribution in [2.24, 2.45) is 0 Å². The van der Waals surface area contributed by atoms with Gasteiger partial charge in [0, 0.05) is 32.0 Å². The second kappa shape index (κ2) is 4.03. The first-order valence-electron chi connectivity index (χ1n) is 3.09. The maximum atomic E-state index is 5.46. The second-order valence-corrected chi connectivity index (χ2v) is 2.33. The number of nitrogens with two attached hydrogens (primary N) is 1. The summed E-state index contributed by atoms with van der Waals surface area (Å²) in [6, 6.07) is 3.75. The molecule has 0 atom stereocenters. The zero-order valence-electron chi connectivity index (χ0n) is 6.61. The van der Waals surface area contributed by atoms with E-state index < -0.39 is 0 Å². The SMILES string of the molecule is CN(C)c1ccnc(N)c1.Cl. The molecule has 0 amide bonds. The molecule has 0 radical (unpaired) electrons. The van der Waals surface area contributed by atoms with Gasteiger partial charge < -0.3 is 10.6 Å². The molecule has 0 saturated carbocycles. The molecule has 0 bridgehead atoms. The van der Waals surface area contributed by atoms with Gasteiger partial charge in [0.1, 0.15) is 5.82 Å². The van der Waals surface area contributed by atoms with Gasteiger partial charge in [-0.05, 0) is 6.07 Å². The van der Waals surface area contributed by atoms with Gasteiger partial charge in [0.25, 0.3) is 0 Å². The number of halogens is 1. The lowest BCUT2D eigenvalue weighted by Crippen LogP contribution is -2.08. The molecular weight excluding hydrogens is 162 g/mol. The van der Waals surface area contributed by atoms with Crippen LogP contribution in [0.5, 0.6) is 0 Å². The summed E-state index contributed by atoms with van der Waals surface area (Å²) in [5.74, 6) is 0.561. The summed E-state index contributed by atoms with van der Waals surface area (Å²) in [7, 11) is 3.93. The van der Waals surface area contributed by atoms with E-state index in [-0.39, 0.29) is 12.4 Å². The van der Waals surface area contributed by atoms with Crippen LogP contribution in [0.15, 0.2) is 18.3 Å². The third-order valence-corrected chi connectivity index (χ3v) is 1.28. The van der Waals surface area contributed by atoms with E-state index in [1.807, 2.05) is 31.1 Å². The van der Waals surface area contributed by atoms with Crippen molar-refractivity contribution in [1.82, 2.24) is 4.98 Å². The molecule has 0 spiro atoms. The minimum absolute atomic E-state index is 0. The Labute approximate surface area is 72.6 Å². The molecule has 0 aromatic carbocycles. The van der Waals surface area contributed by atoms with E-state index >= 15 is 0 Å². The first-order valence-corrected chi connectivity index (χ1v) is 3.09. The molecule has 3 nitrogen and oxygen atoms in total. The third kappa shape index (κ3) is 2.63. The van der Waals surface area contributed by atoms with Crippen molar-refractivity contribution < 1.29 is 0 Å². The molecule has 0 aliphatic heterocycles. The van der Waals surface area contributed by atoms with Gasteiger partial charge in [-0.3, -0.25) is 0 Å². The molecule has 1 aromatic rings. The molecule has 0 aliphatic rings. The molecule has 62 valence electrons. The standard InChI is InChI=1S/C7H11N3.ClH/c1-10(2)6-3-4-9-7(8)5-6;/h3-5H,1-2H3,(H2,8,9);1H. The number of nitrogen functional groups attached to an aromatic ring is 1. The molecule has 2 N–H and O–H groups in total. The lowest BCUT2D eigenvalue weighted by molar-refractivity contribution is 1.12.